The van der Waals surface area contributed by atoms with E-state index in [1.165, 1.54) is 16.8 Å². The molecule has 2 heterocycles. The number of halogens is 1. The molecule has 0 atom stereocenters. The maximum atomic E-state index is 13.1. The Labute approximate surface area is 67.8 Å². The molecule has 5 heteroatoms. The van der Waals surface area contributed by atoms with Crippen LogP contribution in [0.2, 0.25) is 0 Å². The summed E-state index contributed by atoms with van der Waals surface area (Å²) in [6, 6.07) is 1.23. The summed E-state index contributed by atoms with van der Waals surface area (Å²) in [5.41, 5.74) is 5.95. The molecule has 0 spiro atoms. The Morgan fingerprint density at radius 1 is 1.58 bits per heavy atom. The molecule has 2 rings (SSSR count). The lowest BCUT2D eigenvalue weighted by molar-refractivity contribution is 0.628. The van der Waals surface area contributed by atoms with Gasteiger partial charge in [0.2, 0.25) is 0 Å². The number of nitrogens with zero attached hydrogens (tertiary/aromatic N) is 3. The van der Waals surface area contributed by atoms with Crippen molar-refractivity contribution in [2.75, 3.05) is 5.73 Å². The number of rotatable bonds is 0. The molecular formula is C7H7FN4. The molecular weight excluding hydrogens is 159 g/mol. The van der Waals surface area contributed by atoms with Crippen LogP contribution < -0.4 is 5.73 Å². The van der Waals surface area contributed by atoms with Gasteiger partial charge in [-0.3, -0.25) is 0 Å². The van der Waals surface area contributed by atoms with Crippen LogP contribution in [0.3, 0.4) is 0 Å². The van der Waals surface area contributed by atoms with Crippen LogP contribution in [-0.2, 0) is 0 Å². The van der Waals surface area contributed by atoms with E-state index in [1.54, 1.807) is 6.92 Å². The van der Waals surface area contributed by atoms with Crippen LogP contribution in [0.4, 0.5) is 10.1 Å². The minimum absolute atomic E-state index is 0.210. The number of nitrogens with two attached hydrogens (primary N) is 1. The topological polar surface area (TPSA) is 56.2 Å². The van der Waals surface area contributed by atoms with Crippen LogP contribution >= 0.6 is 0 Å². The van der Waals surface area contributed by atoms with E-state index in [2.05, 4.69) is 10.1 Å². The zero-order valence-corrected chi connectivity index (χ0v) is 6.45. The van der Waals surface area contributed by atoms with Gasteiger partial charge in [0.05, 0.1) is 11.9 Å². The molecule has 2 aromatic heterocycles. The monoisotopic (exact) mass is 166 g/mol. The summed E-state index contributed by atoms with van der Waals surface area (Å²) in [5, 5.41) is 3.92. The predicted molar refractivity (Wildman–Crippen MR) is 42.1 cm³/mol. The number of hydrogen-bond donors (Lipinski definition) is 1. The Morgan fingerprint density at radius 3 is 3.08 bits per heavy atom. The molecule has 2 N–H and O–H groups in total. The van der Waals surface area contributed by atoms with Crippen LogP contribution in [0.5, 0.6) is 0 Å². The van der Waals surface area contributed by atoms with E-state index in [0.717, 1.165) is 0 Å². The molecule has 4 nitrogen and oxygen atoms in total. The highest BCUT2D eigenvalue weighted by molar-refractivity contribution is 5.47. The molecule has 0 unspecified atom stereocenters. The number of fused-ring (bicyclic) bond motifs is 1. The van der Waals surface area contributed by atoms with E-state index >= 15 is 0 Å². The molecule has 0 amide bonds. The maximum absolute atomic E-state index is 13.1. The molecule has 2 aromatic rings. The molecule has 12 heavy (non-hydrogen) atoms. The van der Waals surface area contributed by atoms with Crippen molar-refractivity contribution < 1.29 is 4.39 Å². The quantitative estimate of drug-likeness (QED) is 0.628. The van der Waals surface area contributed by atoms with Crippen LogP contribution in [0.1, 0.15) is 5.82 Å². The maximum Gasteiger partial charge on any atom is 0.191 e. The van der Waals surface area contributed by atoms with Crippen LogP contribution in [-0.4, -0.2) is 14.6 Å². The van der Waals surface area contributed by atoms with Crippen LogP contribution in [0.25, 0.3) is 5.65 Å². The number of aryl methyl sites for hydroxylation is 1. The van der Waals surface area contributed by atoms with Gasteiger partial charge < -0.3 is 5.73 Å². The van der Waals surface area contributed by atoms with Gasteiger partial charge in [0.15, 0.2) is 11.5 Å². The average molecular weight is 166 g/mol. The Balaban J connectivity index is 2.88. The van der Waals surface area contributed by atoms with Gasteiger partial charge in [-0.15, -0.1) is 0 Å². The molecule has 0 saturated carbocycles. The summed E-state index contributed by atoms with van der Waals surface area (Å²) < 4.78 is 14.4. The van der Waals surface area contributed by atoms with Crippen molar-refractivity contribution in [3.63, 3.8) is 0 Å². The largest absolute Gasteiger partial charge is 0.397 e. The first-order valence-electron chi connectivity index (χ1n) is 3.45. The number of hydrogen-bond acceptors (Lipinski definition) is 3. The average Bonchev–Trinajstić information content (AvgIpc) is 2.29. The van der Waals surface area contributed by atoms with Gasteiger partial charge in [-0.05, 0) is 6.92 Å². The smallest absolute Gasteiger partial charge is 0.191 e. The normalized spacial score (nSPS) is 10.8. The van der Waals surface area contributed by atoms with Gasteiger partial charge in [0.1, 0.15) is 5.82 Å². The summed E-state index contributed by atoms with van der Waals surface area (Å²) in [6.45, 7) is 1.70. The second-order valence-electron chi connectivity index (χ2n) is 2.55. The van der Waals surface area contributed by atoms with Gasteiger partial charge in [0, 0.05) is 6.07 Å². The van der Waals surface area contributed by atoms with Crippen molar-refractivity contribution in [3.8, 4) is 0 Å². The Hall–Kier alpha value is -1.65. The highest BCUT2D eigenvalue weighted by atomic mass is 19.1. The second-order valence-corrected chi connectivity index (χ2v) is 2.55. The third-order valence-corrected chi connectivity index (χ3v) is 1.52. The van der Waals surface area contributed by atoms with Crippen molar-refractivity contribution >= 4 is 11.3 Å². The minimum atomic E-state index is -0.449. The third-order valence-electron chi connectivity index (χ3n) is 1.52. The fourth-order valence-corrected chi connectivity index (χ4v) is 1.07. The van der Waals surface area contributed by atoms with E-state index < -0.39 is 5.82 Å². The molecule has 0 aliphatic heterocycles. The highest BCUT2D eigenvalue weighted by Crippen LogP contribution is 2.10. The molecule has 0 bridgehead atoms. The number of anilines is 1. The lowest BCUT2D eigenvalue weighted by Crippen LogP contribution is -1.95. The van der Waals surface area contributed by atoms with E-state index in [4.69, 9.17) is 5.73 Å². The van der Waals surface area contributed by atoms with Gasteiger partial charge in [-0.25, -0.2) is 13.9 Å². The van der Waals surface area contributed by atoms with Crippen molar-refractivity contribution in [3.05, 3.63) is 23.9 Å². The Bertz CT molecular complexity index is 434. The lowest BCUT2D eigenvalue weighted by Gasteiger charge is -1.94. The van der Waals surface area contributed by atoms with Gasteiger partial charge in [0.25, 0.3) is 0 Å². The van der Waals surface area contributed by atoms with Crippen molar-refractivity contribution in [1.29, 1.82) is 0 Å². The van der Waals surface area contributed by atoms with Gasteiger partial charge in [-0.2, -0.15) is 5.10 Å². The van der Waals surface area contributed by atoms with E-state index in [0.29, 0.717) is 11.5 Å². The van der Waals surface area contributed by atoms with E-state index in [1.807, 2.05) is 0 Å². The Morgan fingerprint density at radius 2 is 2.33 bits per heavy atom. The zero-order valence-electron chi connectivity index (χ0n) is 6.45. The first-order valence-corrected chi connectivity index (χ1v) is 3.45. The predicted octanol–water partition coefficient (Wildman–Crippen LogP) is 0.759. The van der Waals surface area contributed by atoms with Crippen molar-refractivity contribution in [1.82, 2.24) is 14.6 Å². The molecule has 62 valence electrons. The Kier molecular flexibility index (Phi) is 1.27. The van der Waals surface area contributed by atoms with Gasteiger partial charge >= 0.3 is 0 Å². The lowest BCUT2D eigenvalue weighted by atomic mass is 10.4. The van der Waals surface area contributed by atoms with Gasteiger partial charge in [-0.1, -0.05) is 0 Å². The molecule has 0 aliphatic carbocycles. The summed E-state index contributed by atoms with van der Waals surface area (Å²) in [6.07, 6.45) is 1.53. The zero-order chi connectivity index (χ0) is 8.72. The minimum Gasteiger partial charge on any atom is -0.397 e. The van der Waals surface area contributed by atoms with Crippen LogP contribution in [0.15, 0.2) is 12.3 Å². The highest BCUT2D eigenvalue weighted by Gasteiger charge is 2.05. The summed E-state index contributed by atoms with van der Waals surface area (Å²) in [4.78, 5) is 3.88. The first-order chi connectivity index (χ1) is 5.66. The third kappa shape index (κ3) is 0.903. The van der Waals surface area contributed by atoms with Crippen molar-refractivity contribution in [2.24, 2.45) is 0 Å². The SMILES string of the molecule is Cc1nc2c(F)cc(N)cn2n1. The number of nitrogen functional groups attached to an aromatic ring is 1. The molecule has 0 radical (unpaired) electrons. The number of pyridine rings is 1. The first kappa shape index (κ1) is 7.02. The molecule has 0 fully saturated rings. The fraction of sp³-hybridized carbons (Fsp3) is 0.143. The summed E-state index contributed by atoms with van der Waals surface area (Å²) in [7, 11) is 0. The van der Waals surface area contributed by atoms with E-state index in [-0.39, 0.29) is 5.65 Å². The van der Waals surface area contributed by atoms with Crippen molar-refractivity contribution in [2.45, 2.75) is 6.92 Å². The van der Waals surface area contributed by atoms with Crippen LogP contribution in [0, 0.1) is 12.7 Å². The summed E-state index contributed by atoms with van der Waals surface area (Å²) in [5.74, 6) is 0.0788. The van der Waals surface area contributed by atoms with E-state index in [9.17, 15) is 4.39 Å². The molecule has 0 saturated heterocycles. The summed E-state index contributed by atoms with van der Waals surface area (Å²) >= 11 is 0. The molecule has 0 aromatic carbocycles. The second kappa shape index (κ2) is 2.17. The molecule has 0 aliphatic rings. The number of aromatic nitrogens is 3. The fourth-order valence-electron chi connectivity index (χ4n) is 1.07. The standard InChI is InChI=1S/C7H7FN4/c1-4-10-7-6(8)2-5(9)3-12(7)11-4/h2-3H,9H2,1H3.